The van der Waals surface area contributed by atoms with E-state index in [1.54, 1.807) is 25.3 Å². The summed E-state index contributed by atoms with van der Waals surface area (Å²) >= 11 is 0. The summed E-state index contributed by atoms with van der Waals surface area (Å²) in [7, 11) is 0. The average molecular weight is 412 g/mol. The Morgan fingerprint density at radius 1 is 1.13 bits per heavy atom. The molecule has 0 aliphatic rings. The molecule has 3 aromatic rings. The van der Waals surface area contributed by atoms with Gasteiger partial charge < -0.3 is 19.0 Å². The van der Waals surface area contributed by atoms with Crippen molar-refractivity contribution in [3.05, 3.63) is 76.8 Å². The minimum absolute atomic E-state index is 0.222. The molecule has 0 radical (unpaired) electrons. The number of furan rings is 1. The van der Waals surface area contributed by atoms with E-state index in [-0.39, 0.29) is 17.2 Å². The summed E-state index contributed by atoms with van der Waals surface area (Å²) in [4.78, 5) is 35.8. The number of carbonyl (C=O) groups is 3. The van der Waals surface area contributed by atoms with Crippen molar-refractivity contribution in [3.63, 3.8) is 0 Å². The van der Waals surface area contributed by atoms with Crippen molar-refractivity contribution in [3.8, 4) is 0 Å². The lowest BCUT2D eigenvalue weighted by molar-refractivity contribution is -0.114. The largest absolute Gasteiger partial charge is 0.467 e. The predicted octanol–water partition coefficient (Wildman–Crippen LogP) is 3.88. The van der Waals surface area contributed by atoms with E-state index < -0.39 is 24.2 Å². The minimum Gasteiger partial charge on any atom is -0.467 e. The van der Waals surface area contributed by atoms with Gasteiger partial charge in [0.05, 0.1) is 23.9 Å². The first-order valence-corrected chi connectivity index (χ1v) is 9.23. The molecule has 8 heteroatoms. The Hall–Kier alpha value is -3.68. The Balaban J connectivity index is 1.67. The molecule has 30 heavy (non-hydrogen) atoms. The van der Waals surface area contributed by atoms with Crippen LogP contribution in [-0.2, 0) is 16.1 Å². The molecule has 0 spiro atoms. The molecule has 3 rings (SSSR count). The molecule has 1 aromatic carbocycles. The maximum absolute atomic E-state index is 14.2. The molecule has 0 saturated heterocycles. The van der Waals surface area contributed by atoms with Crippen molar-refractivity contribution in [2.45, 2.75) is 27.3 Å². The quantitative estimate of drug-likeness (QED) is 0.470. The Labute approximate surface area is 172 Å². The summed E-state index contributed by atoms with van der Waals surface area (Å²) in [5.74, 6) is -1.77. The second-order valence-electron chi connectivity index (χ2n) is 6.83. The van der Waals surface area contributed by atoms with Gasteiger partial charge in [0.25, 0.3) is 0 Å². The third-order valence-corrected chi connectivity index (χ3v) is 4.61. The summed E-state index contributed by atoms with van der Waals surface area (Å²) < 4.78 is 26.5. The Bertz CT molecular complexity index is 1100. The van der Waals surface area contributed by atoms with Crippen LogP contribution in [0.15, 0.2) is 47.1 Å². The first kappa shape index (κ1) is 21.0. The summed E-state index contributed by atoms with van der Waals surface area (Å²) in [6, 6.07) is 8.98. The van der Waals surface area contributed by atoms with E-state index in [2.05, 4.69) is 5.32 Å². The van der Waals surface area contributed by atoms with Gasteiger partial charge in [-0.3, -0.25) is 9.59 Å². The summed E-state index contributed by atoms with van der Waals surface area (Å²) in [6.07, 6.45) is 1.58. The molecule has 2 heterocycles. The Kier molecular flexibility index (Phi) is 6.15. The number of hydrogen-bond acceptors (Lipinski definition) is 5. The lowest BCUT2D eigenvalue weighted by Gasteiger charge is -2.09. The van der Waals surface area contributed by atoms with Gasteiger partial charge in [0.15, 0.2) is 6.61 Å². The highest BCUT2D eigenvalue weighted by molar-refractivity contribution is 6.00. The fourth-order valence-electron chi connectivity index (χ4n) is 3.12. The minimum atomic E-state index is -0.807. The van der Waals surface area contributed by atoms with Gasteiger partial charge in [-0.2, -0.15) is 0 Å². The topological polar surface area (TPSA) is 90.5 Å². The zero-order chi connectivity index (χ0) is 21.8. The van der Waals surface area contributed by atoms with Gasteiger partial charge in [-0.1, -0.05) is 0 Å². The van der Waals surface area contributed by atoms with E-state index in [4.69, 9.17) is 9.15 Å². The van der Waals surface area contributed by atoms with Crippen LogP contribution in [0.2, 0.25) is 0 Å². The molecule has 7 nitrogen and oxygen atoms in total. The van der Waals surface area contributed by atoms with Crippen LogP contribution in [0.4, 0.5) is 10.1 Å². The molecule has 0 aliphatic heterocycles. The van der Waals surface area contributed by atoms with Crippen molar-refractivity contribution < 1.29 is 27.9 Å². The molecule has 0 saturated carbocycles. The van der Waals surface area contributed by atoms with Crippen LogP contribution < -0.4 is 5.32 Å². The number of aromatic nitrogens is 1. The number of nitrogens with one attached hydrogen (secondary N) is 1. The van der Waals surface area contributed by atoms with Crippen LogP contribution in [0.25, 0.3) is 0 Å². The predicted molar refractivity (Wildman–Crippen MR) is 107 cm³/mol. The second-order valence-corrected chi connectivity index (χ2v) is 6.83. The third kappa shape index (κ3) is 4.65. The average Bonchev–Trinajstić information content (AvgIpc) is 3.29. The van der Waals surface area contributed by atoms with Crippen molar-refractivity contribution in [2.75, 3.05) is 11.9 Å². The van der Waals surface area contributed by atoms with E-state index in [0.29, 0.717) is 17.8 Å². The van der Waals surface area contributed by atoms with Gasteiger partial charge in [-0.15, -0.1) is 0 Å². The van der Waals surface area contributed by atoms with Gasteiger partial charge in [0, 0.05) is 24.0 Å². The smallest absolute Gasteiger partial charge is 0.340 e. The van der Waals surface area contributed by atoms with E-state index >= 15 is 0 Å². The summed E-state index contributed by atoms with van der Waals surface area (Å²) in [6.45, 7) is 4.78. The van der Waals surface area contributed by atoms with Crippen molar-refractivity contribution in [2.24, 2.45) is 0 Å². The zero-order valence-corrected chi connectivity index (χ0v) is 16.8. The number of aryl methyl sites for hydroxylation is 1. The molecular weight excluding hydrogens is 391 g/mol. The number of anilines is 1. The number of ether oxygens (including phenoxy) is 1. The number of nitrogens with zero attached hydrogens (tertiary/aromatic N) is 1. The van der Waals surface area contributed by atoms with E-state index in [1.807, 2.05) is 17.6 Å². The maximum atomic E-state index is 14.2. The molecule has 0 unspecified atom stereocenters. The lowest BCUT2D eigenvalue weighted by Crippen LogP contribution is -2.16. The molecule has 0 fully saturated rings. The first-order chi connectivity index (χ1) is 14.3. The van der Waals surface area contributed by atoms with Gasteiger partial charge >= 0.3 is 5.97 Å². The van der Waals surface area contributed by atoms with Crippen molar-refractivity contribution in [1.29, 1.82) is 0 Å². The molecule has 0 aliphatic carbocycles. The van der Waals surface area contributed by atoms with Crippen LogP contribution in [0, 0.1) is 19.7 Å². The molecular formula is C22H21FN2O5. The van der Waals surface area contributed by atoms with E-state index in [1.165, 1.54) is 19.1 Å². The third-order valence-electron chi connectivity index (χ3n) is 4.61. The monoisotopic (exact) mass is 412 g/mol. The van der Waals surface area contributed by atoms with E-state index in [9.17, 15) is 18.8 Å². The molecule has 1 N–H and O–H groups in total. The highest BCUT2D eigenvalue weighted by Gasteiger charge is 2.20. The first-order valence-electron chi connectivity index (χ1n) is 9.23. The number of esters is 1. The van der Waals surface area contributed by atoms with Crippen LogP contribution in [0.5, 0.6) is 0 Å². The number of amides is 1. The molecule has 1 amide bonds. The van der Waals surface area contributed by atoms with Crippen LogP contribution in [-0.4, -0.2) is 28.8 Å². The molecule has 0 atom stereocenters. The highest BCUT2D eigenvalue weighted by atomic mass is 19.1. The SMILES string of the molecule is CC(=O)Nc1ccc(C(=O)COC(=O)c2cc(C)n(Cc3ccco3)c2C)c(F)c1. The number of hydrogen-bond donors (Lipinski definition) is 1. The second kappa shape index (κ2) is 8.77. The zero-order valence-electron chi connectivity index (χ0n) is 16.8. The summed E-state index contributed by atoms with van der Waals surface area (Å²) in [5.41, 5.74) is 1.85. The molecule has 156 valence electrons. The Morgan fingerprint density at radius 3 is 2.53 bits per heavy atom. The number of benzene rings is 1. The van der Waals surface area contributed by atoms with Gasteiger partial charge in [0.1, 0.15) is 11.6 Å². The lowest BCUT2D eigenvalue weighted by atomic mass is 10.1. The standard InChI is InChI=1S/C22H21FN2O5/c1-13-9-19(14(2)25(13)11-17-5-4-8-29-17)22(28)30-12-21(27)18-7-6-16(10-20(18)23)24-15(3)26/h4-10H,11-12H2,1-3H3,(H,24,26). The number of ketones is 1. The van der Waals surface area contributed by atoms with E-state index in [0.717, 1.165) is 17.5 Å². The van der Waals surface area contributed by atoms with Gasteiger partial charge in [-0.25, -0.2) is 9.18 Å². The summed E-state index contributed by atoms with van der Waals surface area (Å²) in [5, 5.41) is 2.43. The maximum Gasteiger partial charge on any atom is 0.340 e. The fourth-order valence-corrected chi connectivity index (χ4v) is 3.12. The number of halogens is 1. The van der Waals surface area contributed by atoms with Crippen LogP contribution in [0.1, 0.15) is 44.8 Å². The highest BCUT2D eigenvalue weighted by Crippen LogP contribution is 2.19. The fraction of sp³-hybridized carbons (Fsp3) is 0.227. The number of carbonyl (C=O) groups excluding carboxylic acids is 3. The number of rotatable bonds is 7. The molecule has 0 bridgehead atoms. The molecule has 2 aromatic heterocycles. The van der Waals surface area contributed by atoms with Gasteiger partial charge in [0.2, 0.25) is 11.7 Å². The van der Waals surface area contributed by atoms with Crippen molar-refractivity contribution in [1.82, 2.24) is 4.57 Å². The van der Waals surface area contributed by atoms with Crippen LogP contribution in [0.3, 0.4) is 0 Å². The van der Waals surface area contributed by atoms with Gasteiger partial charge in [-0.05, 0) is 50.2 Å². The number of Topliss-reactive ketones (excluding diaryl/α,β-unsaturated/α-hetero) is 1. The van der Waals surface area contributed by atoms with Crippen molar-refractivity contribution >= 4 is 23.3 Å². The normalized spacial score (nSPS) is 10.7. The Morgan fingerprint density at radius 2 is 1.90 bits per heavy atom. The van der Waals surface area contributed by atoms with Crippen LogP contribution >= 0.6 is 0 Å².